The highest BCUT2D eigenvalue weighted by molar-refractivity contribution is 5.76. The predicted molar refractivity (Wildman–Crippen MR) is 49.0 cm³/mol. The van der Waals surface area contributed by atoms with Gasteiger partial charge in [0.15, 0.2) is 18.2 Å². The van der Waals surface area contributed by atoms with Gasteiger partial charge in [0.1, 0.15) is 0 Å². The Bertz CT molecular complexity index is 342. The smallest absolute Gasteiger partial charge is 0.271 e. The van der Waals surface area contributed by atoms with Crippen LogP contribution >= 0.6 is 0 Å². The molecule has 0 fully saturated rings. The van der Waals surface area contributed by atoms with Crippen molar-refractivity contribution in [1.29, 1.82) is 0 Å². The summed E-state index contributed by atoms with van der Waals surface area (Å²) in [5, 5.41) is 0. The van der Waals surface area contributed by atoms with E-state index >= 15 is 0 Å². The van der Waals surface area contributed by atoms with Gasteiger partial charge in [-0.15, -0.1) is 0 Å². The number of halogens is 1. The average molecular weight is 198 g/mol. The number of nitrogens with one attached hydrogen (secondary N) is 1. The van der Waals surface area contributed by atoms with Crippen LogP contribution in [0.3, 0.4) is 0 Å². The molecule has 1 aromatic carbocycles. The zero-order chi connectivity index (χ0) is 10.6. The van der Waals surface area contributed by atoms with Crippen LogP contribution in [0.5, 0.6) is 5.75 Å². The quantitative estimate of drug-likeness (QED) is 0.422. The highest BCUT2D eigenvalue weighted by Crippen LogP contribution is 2.17. The molecule has 5 heteroatoms. The van der Waals surface area contributed by atoms with Crippen molar-refractivity contribution < 1.29 is 13.9 Å². The molecule has 14 heavy (non-hydrogen) atoms. The van der Waals surface area contributed by atoms with Crippen LogP contribution in [0.25, 0.3) is 0 Å². The van der Waals surface area contributed by atoms with Gasteiger partial charge < -0.3 is 4.74 Å². The molecule has 0 aliphatic carbocycles. The third kappa shape index (κ3) is 2.70. The minimum Gasteiger partial charge on any atom is -0.481 e. The SMILES string of the molecule is Cc1ccc(F)c(OCC(=O)NN)c1. The third-order valence-electron chi connectivity index (χ3n) is 1.61. The van der Waals surface area contributed by atoms with Gasteiger partial charge >= 0.3 is 0 Å². The van der Waals surface area contributed by atoms with Gasteiger partial charge in [0.05, 0.1) is 0 Å². The second-order valence-corrected chi connectivity index (χ2v) is 2.79. The van der Waals surface area contributed by atoms with E-state index in [1.807, 2.05) is 5.43 Å². The maximum Gasteiger partial charge on any atom is 0.271 e. The molecule has 0 bridgehead atoms. The monoisotopic (exact) mass is 198 g/mol. The van der Waals surface area contributed by atoms with Gasteiger partial charge in [-0.05, 0) is 24.6 Å². The summed E-state index contributed by atoms with van der Waals surface area (Å²) in [5.41, 5.74) is 2.74. The number of carbonyl (C=O) groups excluding carboxylic acids is 1. The summed E-state index contributed by atoms with van der Waals surface area (Å²) in [5.74, 6) is 3.87. The zero-order valence-corrected chi connectivity index (χ0v) is 7.71. The van der Waals surface area contributed by atoms with Crippen molar-refractivity contribution in [2.45, 2.75) is 6.92 Å². The lowest BCUT2D eigenvalue weighted by Crippen LogP contribution is -2.34. The Kier molecular flexibility index (Phi) is 3.41. The summed E-state index contributed by atoms with van der Waals surface area (Å²) in [7, 11) is 0. The molecule has 0 aromatic heterocycles. The summed E-state index contributed by atoms with van der Waals surface area (Å²) in [6.07, 6.45) is 0. The van der Waals surface area contributed by atoms with Crippen LogP contribution in [-0.2, 0) is 4.79 Å². The molecule has 3 N–H and O–H groups in total. The van der Waals surface area contributed by atoms with E-state index in [2.05, 4.69) is 0 Å². The number of benzene rings is 1. The van der Waals surface area contributed by atoms with Crippen LogP contribution in [0.15, 0.2) is 18.2 Å². The van der Waals surface area contributed by atoms with Crippen molar-refractivity contribution in [2.75, 3.05) is 6.61 Å². The molecule has 1 rings (SSSR count). The largest absolute Gasteiger partial charge is 0.481 e. The first-order chi connectivity index (χ1) is 6.63. The van der Waals surface area contributed by atoms with E-state index in [4.69, 9.17) is 10.6 Å². The highest BCUT2D eigenvalue weighted by Gasteiger charge is 2.05. The fraction of sp³-hybridized carbons (Fsp3) is 0.222. The number of hydrogen-bond acceptors (Lipinski definition) is 3. The summed E-state index contributed by atoms with van der Waals surface area (Å²) >= 11 is 0. The van der Waals surface area contributed by atoms with Crippen LogP contribution in [-0.4, -0.2) is 12.5 Å². The standard InChI is InChI=1S/C9H11FN2O2/c1-6-2-3-7(10)8(4-6)14-5-9(13)12-11/h2-4H,5,11H2,1H3,(H,12,13). The van der Waals surface area contributed by atoms with E-state index < -0.39 is 11.7 Å². The van der Waals surface area contributed by atoms with Crippen molar-refractivity contribution >= 4 is 5.91 Å². The van der Waals surface area contributed by atoms with Crippen molar-refractivity contribution in [2.24, 2.45) is 5.84 Å². The van der Waals surface area contributed by atoms with Crippen LogP contribution in [0.1, 0.15) is 5.56 Å². The molecule has 76 valence electrons. The Morgan fingerprint density at radius 2 is 2.36 bits per heavy atom. The summed E-state index contributed by atoms with van der Waals surface area (Å²) < 4.78 is 17.9. The van der Waals surface area contributed by atoms with Gasteiger partial charge in [-0.2, -0.15) is 0 Å². The highest BCUT2D eigenvalue weighted by atomic mass is 19.1. The molecule has 4 nitrogen and oxygen atoms in total. The molecule has 0 saturated carbocycles. The number of hydrazine groups is 1. The van der Waals surface area contributed by atoms with Gasteiger partial charge in [0.2, 0.25) is 0 Å². The molecule has 1 amide bonds. The van der Waals surface area contributed by atoms with E-state index in [0.29, 0.717) is 0 Å². The van der Waals surface area contributed by atoms with Gasteiger partial charge in [0, 0.05) is 0 Å². The second-order valence-electron chi connectivity index (χ2n) is 2.79. The minimum atomic E-state index is -0.508. The summed E-state index contributed by atoms with van der Waals surface area (Å²) in [4.78, 5) is 10.7. The Hall–Kier alpha value is -1.62. The molecule has 0 spiro atoms. The fourth-order valence-electron chi connectivity index (χ4n) is 0.906. The van der Waals surface area contributed by atoms with Crippen molar-refractivity contribution in [3.05, 3.63) is 29.6 Å². The Morgan fingerprint density at radius 3 is 3.00 bits per heavy atom. The number of aryl methyl sites for hydroxylation is 1. The zero-order valence-electron chi connectivity index (χ0n) is 7.71. The van der Waals surface area contributed by atoms with Crippen LogP contribution in [0.2, 0.25) is 0 Å². The van der Waals surface area contributed by atoms with Gasteiger partial charge in [-0.25, -0.2) is 10.2 Å². The first kappa shape index (κ1) is 10.5. The van der Waals surface area contributed by atoms with E-state index in [0.717, 1.165) is 5.56 Å². The summed E-state index contributed by atoms with van der Waals surface area (Å²) in [6, 6.07) is 4.41. The third-order valence-corrected chi connectivity index (χ3v) is 1.61. The molecule has 0 radical (unpaired) electrons. The van der Waals surface area contributed by atoms with Crippen molar-refractivity contribution in [3.8, 4) is 5.75 Å². The molecule has 0 saturated heterocycles. The van der Waals surface area contributed by atoms with Crippen LogP contribution in [0, 0.1) is 12.7 Å². The Balaban J connectivity index is 2.66. The maximum atomic E-state index is 13.0. The number of carbonyl (C=O) groups is 1. The van der Waals surface area contributed by atoms with Gasteiger partial charge in [-0.1, -0.05) is 6.07 Å². The van der Waals surface area contributed by atoms with Gasteiger partial charge in [0.25, 0.3) is 5.91 Å². The lowest BCUT2D eigenvalue weighted by molar-refractivity contribution is -0.123. The van der Waals surface area contributed by atoms with Gasteiger partial charge in [-0.3, -0.25) is 10.2 Å². The Labute approximate surface area is 80.8 Å². The molecule has 1 aromatic rings. The molecule has 0 heterocycles. The minimum absolute atomic E-state index is 0.0496. The molecule has 0 atom stereocenters. The summed E-state index contributed by atoms with van der Waals surface area (Å²) in [6.45, 7) is 1.51. The molecular formula is C9H11FN2O2. The first-order valence-corrected chi connectivity index (χ1v) is 4.02. The number of amides is 1. The molecular weight excluding hydrogens is 187 g/mol. The second kappa shape index (κ2) is 4.57. The van der Waals surface area contributed by atoms with Crippen LogP contribution < -0.4 is 16.0 Å². The van der Waals surface area contributed by atoms with Crippen molar-refractivity contribution in [1.82, 2.24) is 5.43 Å². The lowest BCUT2D eigenvalue weighted by Gasteiger charge is -2.06. The van der Waals surface area contributed by atoms with E-state index in [1.165, 1.54) is 12.1 Å². The lowest BCUT2D eigenvalue weighted by atomic mass is 10.2. The first-order valence-electron chi connectivity index (χ1n) is 4.02. The maximum absolute atomic E-state index is 13.0. The van der Waals surface area contributed by atoms with E-state index in [9.17, 15) is 9.18 Å². The number of ether oxygens (including phenoxy) is 1. The fourth-order valence-corrected chi connectivity index (χ4v) is 0.906. The van der Waals surface area contributed by atoms with Crippen molar-refractivity contribution in [3.63, 3.8) is 0 Å². The number of hydrogen-bond donors (Lipinski definition) is 2. The molecule has 0 aliphatic heterocycles. The topological polar surface area (TPSA) is 64.3 Å². The molecule has 0 unspecified atom stereocenters. The van der Waals surface area contributed by atoms with Crippen LogP contribution in [0.4, 0.5) is 4.39 Å². The van der Waals surface area contributed by atoms with E-state index in [-0.39, 0.29) is 12.4 Å². The predicted octanol–water partition coefficient (Wildman–Crippen LogP) is 0.503. The van der Waals surface area contributed by atoms with E-state index in [1.54, 1.807) is 13.0 Å². The normalized spacial score (nSPS) is 9.64. The molecule has 0 aliphatic rings. The number of rotatable bonds is 3. The average Bonchev–Trinajstić information content (AvgIpc) is 2.19. The number of nitrogens with two attached hydrogens (primary N) is 1. The Morgan fingerprint density at radius 1 is 1.64 bits per heavy atom.